The second-order valence-electron chi connectivity index (χ2n) is 5.11. The largest absolute Gasteiger partial charge is 0.478 e. The van der Waals surface area contributed by atoms with Gasteiger partial charge in [0.05, 0.1) is 5.56 Å². The summed E-state index contributed by atoms with van der Waals surface area (Å²) >= 11 is 0. The maximum Gasteiger partial charge on any atom is 0.336 e. The standard InChI is InChI=1S/C17H18O3/c1-10-4-8-13(9-5-10)16(18)14-11(2)6-7-12(3)15(14)17(19)20/h4-9,16,18H,1-3H3,(H,19,20). The van der Waals surface area contributed by atoms with Gasteiger partial charge in [-0.2, -0.15) is 0 Å². The van der Waals surface area contributed by atoms with Gasteiger partial charge in [-0.05, 0) is 37.5 Å². The normalized spacial score (nSPS) is 12.2. The highest BCUT2D eigenvalue weighted by Crippen LogP contribution is 2.30. The molecule has 3 nitrogen and oxygen atoms in total. The molecule has 2 rings (SSSR count). The van der Waals surface area contributed by atoms with Crippen LogP contribution in [0, 0.1) is 20.8 Å². The molecule has 0 heterocycles. The number of benzene rings is 2. The lowest BCUT2D eigenvalue weighted by Crippen LogP contribution is -2.12. The molecule has 3 heteroatoms. The van der Waals surface area contributed by atoms with E-state index in [2.05, 4.69) is 0 Å². The van der Waals surface area contributed by atoms with Crippen LogP contribution in [0.1, 0.15) is 44.3 Å². The van der Waals surface area contributed by atoms with Crippen molar-refractivity contribution in [3.63, 3.8) is 0 Å². The average molecular weight is 270 g/mol. The number of carbonyl (C=O) groups is 1. The summed E-state index contributed by atoms with van der Waals surface area (Å²) in [5.41, 5.74) is 3.90. The average Bonchev–Trinajstić information content (AvgIpc) is 2.40. The Kier molecular flexibility index (Phi) is 3.91. The van der Waals surface area contributed by atoms with Crippen LogP contribution in [-0.4, -0.2) is 16.2 Å². The van der Waals surface area contributed by atoms with Crippen LogP contribution in [0.2, 0.25) is 0 Å². The Hall–Kier alpha value is -2.13. The van der Waals surface area contributed by atoms with Gasteiger partial charge in [0.15, 0.2) is 0 Å². The molecule has 1 unspecified atom stereocenters. The van der Waals surface area contributed by atoms with E-state index in [1.54, 1.807) is 13.0 Å². The van der Waals surface area contributed by atoms with Crippen LogP contribution in [0.3, 0.4) is 0 Å². The number of carboxylic acids is 1. The molecule has 0 saturated heterocycles. The molecule has 2 aromatic rings. The Bertz CT molecular complexity index is 642. The summed E-state index contributed by atoms with van der Waals surface area (Å²) in [6, 6.07) is 11.1. The molecule has 0 aliphatic carbocycles. The van der Waals surface area contributed by atoms with Crippen molar-refractivity contribution in [1.29, 1.82) is 0 Å². The molecule has 0 bridgehead atoms. The third kappa shape index (κ3) is 2.58. The van der Waals surface area contributed by atoms with E-state index in [9.17, 15) is 15.0 Å². The Labute approximate surface area is 118 Å². The minimum Gasteiger partial charge on any atom is -0.478 e. The summed E-state index contributed by atoms with van der Waals surface area (Å²) in [6.45, 7) is 5.53. The van der Waals surface area contributed by atoms with Crippen molar-refractivity contribution >= 4 is 5.97 Å². The van der Waals surface area contributed by atoms with Crippen molar-refractivity contribution in [2.45, 2.75) is 26.9 Å². The van der Waals surface area contributed by atoms with Gasteiger partial charge < -0.3 is 10.2 Å². The van der Waals surface area contributed by atoms with E-state index in [4.69, 9.17) is 0 Å². The molecule has 20 heavy (non-hydrogen) atoms. The molecule has 0 aliphatic heterocycles. The Morgan fingerprint density at radius 1 is 0.950 bits per heavy atom. The Morgan fingerprint density at radius 2 is 1.50 bits per heavy atom. The van der Waals surface area contributed by atoms with Crippen molar-refractivity contribution in [3.05, 3.63) is 69.8 Å². The summed E-state index contributed by atoms with van der Waals surface area (Å²) in [5, 5.41) is 20.0. The molecule has 0 fully saturated rings. The summed E-state index contributed by atoms with van der Waals surface area (Å²) < 4.78 is 0. The van der Waals surface area contributed by atoms with Crippen LogP contribution in [0.15, 0.2) is 36.4 Å². The molecule has 0 spiro atoms. The minimum absolute atomic E-state index is 0.193. The molecule has 0 saturated carbocycles. The zero-order valence-corrected chi connectivity index (χ0v) is 11.8. The second-order valence-corrected chi connectivity index (χ2v) is 5.11. The quantitative estimate of drug-likeness (QED) is 0.898. The van der Waals surface area contributed by atoms with Gasteiger partial charge in [-0.25, -0.2) is 4.79 Å². The summed E-state index contributed by atoms with van der Waals surface area (Å²) in [6.07, 6.45) is -0.929. The van der Waals surface area contributed by atoms with Gasteiger partial charge in [0.25, 0.3) is 0 Å². The summed E-state index contributed by atoms with van der Waals surface area (Å²) in [4.78, 5) is 11.5. The highest BCUT2D eigenvalue weighted by atomic mass is 16.4. The molecule has 1 atom stereocenters. The first-order valence-corrected chi connectivity index (χ1v) is 6.50. The van der Waals surface area contributed by atoms with Crippen molar-refractivity contribution in [2.75, 3.05) is 0 Å². The smallest absolute Gasteiger partial charge is 0.336 e. The zero-order chi connectivity index (χ0) is 14.9. The fraction of sp³-hybridized carbons (Fsp3) is 0.235. The van der Waals surface area contributed by atoms with Gasteiger partial charge in [-0.15, -0.1) is 0 Å². The second kappa shape index (κ2) is 5.47. The molecule has 104 valence electrons. The van der Waals surface area contributed by atoms with Crippen LogP contribution in [0.25, 0.3) is 0 Å². The molecule has 0 radical (unpaired) electrons. The van der Waals surface area contributed by atoms with E-state index in [-0.39, 0.29) is 5.56 Å². The molecule has 0 aliphatic rings. The van der Waals surface area contributed by atoms with Crippen LogP contribution >= 0.6 is 0 Å². The highest BCUT2D eigenvalue weighted by molar-refractivity contribution is 5.92. The van der Waals surface area contributed by atoms with Gasteiger partial charge in [-0.3, -0.25) is 0 Å². The van der Waals surface area contributed by atoms with Crippen molar-refractivity contribution in [1.82, 2.24) is 0 Å². The van der Waals surface area contributed by atoms with Crippen LogP contribution < -0.4 is 0 Å². The number of rotatable bonds is 3. The SMILES string of the molecule is Cc1ccc(C(O)c2c(C)ccc(C)c2C(=O)O)cc1. The first-order chi connectivity index (χ1) is 9.41. The highest BCUT2D eigenvalue weighted by Gasteiger charge is 2.22. The summed E-state index contributed by atoms with van der Waals surface area (Å²) in [5.74, 6) is -1.01. The topological polar surface area (TPSA) is 57.5 Å². The van der Waals surface area contributed by atoms with E-state index in [1.165, 1.54) is 0 Å². The fourth-order valence-electron chi connectivity index (χ4n) is 2.38. The lowest BCUT2D eigenvalue weighted by atomic mass is 9.90. The third-order valence-electron chi connectivity index (χ3n) is 3.55. The monoisotopic (exact) mass is 270 g/mol. The van der Waals surface area contributed by atoms with E-state index < -0.39 is 12.1 Å². The predicted molar refractivity (Wildman–Crippen MR) is 78.1 cm³/mol. The van der Waals surface area contributed by atoms with E-state index in [1.807, 2.05) is 44.2 Å². The van der Waals surface area contributed by atoms with Gasteiger partial charge in [0, 0.05) is 5.56 Å². The van der Waals surface area contributed by atoms with Gasteiger partial charge in [-0.1, -0.05) is 42.0 Å². The van der Waals surface area contributed by atoms with Gasteiger partial charge in [0.1, 0.15) is 6.10 Å². The van der Waals surface area contributed by atoms with E-state index in [0.29, 0.717) is 16.7 Å². The molecule has 0 aromatic heterocycles. The van der Waals surface area contributed by atoms with Crippen molar-refractivity contribution < 1.29 is 15.0 Å². The zero-order valence-electron chi connectivity index (χ0n) is 11.8. The number of carboxylic acid groups (broad SMARTS) is 1. The lowest BCUT2D eigenvalue weighted by Gasteiger charge is -2.18. The maximum atomic E-state index is 11.5. The first kappa shape index (κ1) is 14.3. The number of hydrogen-bond acceptors (Lipinski definition) is 2. The van der Waals surface area contributed by atoms with Gasteiger partial charge >= 0.3 is 5.97 Å². The maximum absolute atomic E-state index is 11.5. The molecule has 2 N–H and O–H groups in total. The number of aryl methyl sites for hydroxylation is 3. The van der Waals surface area contributed by atoms with Crippen LogP contribution in [-0.2, 0) is 0 Å². The Morgan fingerprint density at radius 3 is 2.05 bits per heavy atom. The fourth-order valence-corrected chi connectivity index (χ4v) is 2.38. The van der Waals surface area contributed by atoms with Crippen molar-refractivity contribution in [2.24, 2.45) is 0 Å². The third-order valence-corrected chi connectivity index (χ3v) is 3.55. The Balaban J connectivity index is 2.59. The number of aliphatic hydroxyl groups excluding tert-OH is 1. The molecular formula is C17H18O3. The van der Waals surface area contributed by atoms with Crippen LogP contribution in [0.4, 0.5) is 0 Å². The molecule has 2 aromatic carbocycles. The first-order valence-electron chi connectivity index (χ1n) is 6.50. The predicted octanol–water partition coefficient (Wildman–Crippen LogP) is 3.39. The van der Waals surface area contributed by atoms with E-state index >= 15 is 0 Å². The molecular weight excluding hydrogens is 252 g/mol. The van der Waals surface area contributed by atoms with E-state index in [0.717, 1.165) is 11.1 Å². The number of aromatic carboxylic acids is 1. The van der Waals surface area contributed by atoms with Crippen molar-refractivity contribution in [3.8, 4) is 0 Å². The lowest BCUT2D eigenvalue weighted by molar-refractivity contribution is 0.0690. The number of hydrogen-bond donors (Lipinski definition) is 2. The van der Waals surface area contributed by atoms with Gasteiger partial charge in [0.2, 0.25) is 0 Å². The minimum atomic E-state index is -1.01. The van der Waals surface area contributed by atoms with Crippen LogP contribution in [0.5, 0.6) is 0 Å². The number of aliphatic hydroxyl groups is 1. The summed E-state index contributed by atoms with van der Waals surface area (Å²) in [7, 11) is 0. The molecule has 0 amide bonds.